The summed E-state index contributed by atoms with van der Waals surface area (Å²) in [7, 11) is 0. The van der Waals surface area contributed by atoms with Gasteiger partial charge in [0.1, 0.15) is 0 Å². The molecule has 0 radical (unpaired) electrons. The molecule has 6 heteroatoms. The fraction of sp³-hybridized carbons (Fsp3) is 0.0769. The van der Waals surface area contributed by atoms with Crippen LogP contribution in [0.25, 0.3) is 11.3 Å². The van der Waals surface area contributed by atoms with Gasteiger partial charge in [-0.3, -0.25) is 14.9 Å². The van der Waals surface area contributed by atoms with Crippen molar-refractivity contribution < 1.29 is 9.72 Å². The molecule has 0 aliphatic carbocycles. The number of carbonyl (C=O) groups is 1. The number of hydrogen-bond acceptors (Lipinski definition) is 5. The second-order valence-corrected chi connectivity index (χ2v) is 4.56. The van der Waals surface area contributed by atoms with Gasteiger partial charge in [-0.1, -0.05) is 6.08 Å². The summed E-state index contributed by atoms with van der Waals surface area (Å²) in [6, 6.07) is 6.08. The predicted molar refractivity (Wildman–Crippen MR) is 73.3 cm³/mol. The highest BCUT2D eigenvalue weighted by Crippen LogP contribution is 2.24. The highest BCUT2D eigenvalue weighted by Gasteiger charge is 2.11. The Kier molecular flexibility index (Phi) is 3.82. The number of nitro benzene ring substituents is 1. The van der Waals surface area contributed by atoms with Crippen LogP contribution in [-0.2, 0) is 0 Å². The van der Waals surface area contributed by atoms with Crippen LogP contribution in [-0.4, -0.2) is 15.7 Å². The molecule has 0 unspecified atom stereocenters. The molecule has 0 saturated carbocycles. The molecule has 0 N–H and O–H groups in total. The van der Waals surface area contributed by atoms with E-state index in [9.17, 15) is 14.9 Å². The van der Waals surface area contributed by atoms with Crippen LogP contribution in [0.2, 0.25) is 0 Å². The van der Waals surface area contributed by atoms with Crippen molar-refractivity contribution in [2.75, 3.05) is 0 Å². The van der Waals surface area contributed by atoms with Crippen molar-refractivity contribution in [1.29, 1.82) is 0 Å². The minimum Gasteiger partial charge on any atom is -0.287 e. The lowest BCUT2D eigenvalue weighted by Crippen LogP contribution is -1.92. The normalized spacial score (nSPS) is 10.8. The third-order valence-electron chi connectivity index (χ3n) is 2.41. The van der Waals surface area contributed by atoms with E-state index in [1.54, 1.807) is 30.5 Å². The third kappa shape index (κ3) is 2.92. The third-order valence-corrected chi connectivity index (χ3v) is 3.26. The molecule has 2 rings (SSSR count). The number of ketones is 1. The van der Waals surface area contributed by atoms with Gasteiger partial charge < -0.3 is 0 Å². The minimum absolute atomic E-state index is 0.0317. The van der Waals surface area contributed by atoms with Crippen molar-refractivity contribution in [2.45, 2.75) is 6.92 Å². The first-order chi connectivity index (χ1) is 9.11. The van der Waals surface area contributed by atoms with Crippen molar-refractivity contribution >= 4 is 22.8 Å². The summed E-state index contributed by atoms with van der Waals surface area (Å²) in [4.78, 5) is 25.9. The van der Waals surface area contributed by atoms with E-state index in [2.05, 4.69) is 4.98 Å². The second kappa shape index (κ2) is 5.53. The number of non-ortho nitro benzene ring substituents is 1. The molecule has 1 heterocycles. The lowest BCUT2D eigenvalue weighted by atomic mass is 10.1. The molecule has 0 bridgehead atoms. The average Bonchev–Trinajstić information content (AvgIpc) is 2.89. The lowest BCUT2D eigenvalue weighted by Gasteiger charge is -1.95. The molecular formula is C13H10N2O3S. The smallest absolute Gasteiger partial charge is 0.269 e. The Balaban J connectivity index is 2.27. The fourth-order valence-corrected chi connectivity index (χ4v) is 2.24. The van der Waals surface area contributed by atoms with Crippen molar-refractivity contribution in [3.63, 3.8) is 0 Å². The van der Waals surface area contributed by atoms with Crippen LogP contribution >= 0.6 is 11.3 Å². The van der Waals surface area contributed by atoms with E-state index in [1.807, 2.05) is 0 Å². The Bertz CT molecular complexity index is 644. The predicted octanol–water partition coefficient (Wildman–Crippen LogP) is 3.48. The number of thiazole rings is 1. The summed E-state index contributed by atoms with van der Waals surface area (Å²) in [6.07, 6.45) is 3.12. The van der Waals surface area contributed by atoms with Gasteiger partial charge in [-0.05, 0) is 25.1 Å². The largest absolute Gasteiger partial charge is 0.287 e. The molecule has 0 atom stereocenters. The number of nitrogens with zero attached hydrogens (tertiary/aromatic N) is 2. The number of nitro groups is 1. The van der Waals surface area contributed by atoms with Gasteiger partial charge >= 0.3 is 0 Å². The van der Waals surface area contributed by atoms with Gasteiger partial charge in [-0.25, -0.2) is 4.98 Å². The maximum Gasteiger partial charge on any atom is 0.269 e. The summed E-state index contributed by atoms with van der Waals surface area (Å²) in [6.45, 7) is 1.77. The standard InChI is InChI=1S/C13H10N2O3S/c1-2-3-12(16)13-14-11(8-19-13)9-4-6-10(7-5-9)15(17)18/h2-8H,1H3. The van der Waals surface area contributed by atoms with Crippen LogP contribution in [0, 0.1) is 10.1 Å². The summed E-state index contributed by atoms with van der Waals surface area (Å²) >= 11 is 1.26. The van der Waals surface area contributed by atoms with Gasteiger partial charge in [0, 0.05) is 23.1 Å². The topological polar surface area (TPSA) is 73.1 Å². The fourth-order valence-electron chi connectivity index (χ4n) is 1.50. The molecule has 2 aromatic rings. The highest BCUT2D eigenvalue weighted by molar-refractivity contribution is 7.12. The van der Waals surface area contributed by atoms with E-state index in [-0.39, 0.29) is 11.5 Å². The molecule has 1 aromatic heterocycles. The molecule has 1 aromatic carbocycles. The summed E-state index contributed by atoms with van der Waals surface area (Å²) in [5.74, 6) is -0.138. The molecule has 0 amide bonds. The van der Waals surface area contributed by atoms with Crippen molar-refractivity contribution in [2.24, 2.45) is 0 Å². The first-order valence-corrected chi connectivity index (χ1v) is 6.37. The molecule has 96 valence electrons. The molecule has 5 nitrogen and oxygen atoms in total. The molecule has 19 heavy (non-hydrogen) atoms. The minimum atomic E-state index is -0.453. The van der Waals surface area contributed by atoms with Gasteiger partial charge in [0.15, 0.2) is 5.01 Å². The molecule has 0 saturated heterocycles. The van der Waals surface area contributed by atoms with Crippen molar-refractivity contribution in [3.05, 3.63) is 56.9 Å². The number of allylic oxidation sites excluding steroid dienone is 2. The quantitative estimate of drug-likeness (QED) is 0.370. The maximum absolute atomic E-state index is 11.6. The van der Waals surface area contributed by atoms with E-state index in [0.29, 0.717) is 10.7 Å². The Labute approximate surface area is 113 Å². The monoisotopic (exact) mass is 274 g/mol. The van der Waals surface area contributed by atoms with Crippen LogP contribution in [0.5, 0.6) is 0 Å². The van der Waals surface area contributed by atoms with Crippen LogP contribution in [0.1, 0.15) is 16.7 Å². The van der Waals surface area contributed by atoms with Gasteiger partial charge in [0.05, 0.1) is 10.6 Å². The SMILES string of the molecule is CC=CC(=O)c1nc(-c2ccc([N+](=O)[O-])cc2)cs1. The first-order valence-electron chi connectivity index (χ1n) is 5.49. The van der Waals surface area contributed by atoms with Crippen LogP contribution < -0.4 is 0 Å². The van der Waals surface area contributed by atoms with Crippen LogP contribution in [0.3, 0.4) is 0 Å². The van der Waals surface area contributed by atoms with Crippen LogP contribution in [0.15, 0.2) is 41.8 Å². The van der Waals surface area contributed by atoms with Crippen LogP contribution in [0.4, 0.5) is 5.69 Å². The van der Waals surface area contributed by atoms with E-state index in [4.69, 9.17) is 0 Å². The first kappa shape index (κ1) is 13.1. The number of carbonyl (C=O) groups excluding carboxylic acids is 1. The number of benzene rings is 1. The zero-order valence-electron chi connectivity index (χ0n) is 10.1. The molecule has 0 aliphatic rings. The number of aromatic nitrogens is 1. The number of hydrogen-bond donors (Lipinski definition) is 0. The molecule has 0 spiro atoms. The van der Waals surface area contributed by atoms with E-state index < -0.39 is 4.92 Å². The van der Waals surface area contributed by atoms with E-state index >= 15 is 0 Å². The van der Waals surface area contributed by atoms with E-state index in [0.717, 1.165) is 5.56 Å². The summed E-state index contributed by atoms with van der Waals surface area (Å²) in [5, 5.41) is 12.7. The molecular weight excluding hydrogens is 264 g/mol. The average molecular weight is 274 g/mol. The molecule has 0 aliphatic heterocycles. The maximum atomic E-state index is 11.6. The van der Waals surface area contributed by atoms with Gasteiger partial charge in [-0.2, -0.15) is 0 Å². The van der Waals surface area contributed by atoms with Gasteiger partial charge in [-0.15, -0.1) is 11.3 Å². The van der Waals surface area contributed by atoms with E-state index in [1.165, 1.54) is 29.5 Å². The second-order valence-electron chi connectivity index (χ2n) is 3.71. The zero-order chi connectivity index (χ0) is 13.8. The van der Waals surface area contributed by atoms with Crippen molar-refractivity contribution in [1.82, 2.24) is 4.98 Å². The Morgan fingerprint density at radius 3 is 2.63 bits per heavy atom. The van der Waals surface area contributed by atoms with Gasteiger partial charge in [0.25, 0.3) is 5.69 Å². The zero-order valence-corrected chi connectivity index (χ0v) is 10.9. The molecule has 0 fully saturated rings. The lowest BCUT2D eigenvalue weighted by molar-refractivity contribution is -0.384. The summed E-state index contributed by atoms with van der Waals surface area (Å²) in [5.41, 5.74) is 1.43. The Hall–Kier alpha value is -2.34. The summed E-state index contributed by atoms with van der Waals surface area (Å²) < 4.78 is 0. The number of rotatable bonds is 4. The Morgan fingerprint density at radius 1 is 1.37 bits per heavy atom. The highest BCUT2D eigenvalue weighted by atomic mass is 32.1. The Morgan fingerprint density at radius 2 is 2.05 bits per heavy atom. The van der Waals surface area contributed by atoms with Crippen molar-refractivity contribution in [3.8, 4) is 11.3 Å². The van der Waals surface area contributed by atoms with Gasteiger partial charge in [0.2, 0.25) is 5.78 Å².